The molecule has 0 radical (unpaired) electrons. The highest BCUT2D eigenvalue weighted by Gasteiger charge is 2.32. The summed E-state index contributed by atoms with van der Waals surface area (Å²) in [5.41, 5.74) is 2.32. The number of fused-ring (bicyclic) bond motifs is 1. The van der Waals surface area contributed by atoms with Crippen molar-refractivity contribution in [3.63, 3.8) is 0 Å². The van der Waals surface area contributed by atoms with Crippen LogP contribution in [0.4, 0.5) is 33.2 Å². The third-order valence-corrected chi connectivity index (χ3v) is 8.17. The van der Waals surface area contributed by atoms with E-state index in [0.717, 1.165) is 48.6 Å². The van der Waals surface area contributed by atoms with Crippen molar-refractivity contribution in [2.24, 2.45) is 0 Å². The number of nitrogens with zero attached hydrogens (tertiary/aromatic N) is 2. The summed E-state index contributed by atoms with van der Waals surface area (Å²) in [6.45, 7) is 0.0240. The van der Waals surface area contributed by atoms with Crippen LogP contribution in [0.5, 0.6) is 0 Å². The number of amides is 3. The van der Waals surface area contributed by atoms with Crippen LogP contribution in [0.15, 0.2) is 66.7 Å². The van der Waals surface area contributed by atoms with Gasteiger partial charge in [-0.15, -0.1) is 0 Å². The van der Waals surface area contributed by atoms with Gasteiger partial charge in [-0.1, -0.05) is 41.7 Å². The molecular weight excluding hydrogens is 612 g/mol. The second-order valence-corrected chi connectivity index (χ2v) is 11.5. The first kappa shape index (κ1) is 31.6. The minimum atomic E-state index is -4.74. The van der Waals surface area contributed by atoms with E-state index in [9.17, 15) is 31.9 Å². The molecule has 0 fully saturated rings. The van der Waals surface area contributed by atoms with Gasteiger partial charge in [0.1, 0.15) is 5.52 Å². The normalized spacial score (nSPS) is 13.3. The Kier molecular flexibility index (Phi) is 9.47. The molecule has 1 aromatic heterocycles. The van der Waals surface area contributed by atoms with Crippen molar-refractivity contribution in [3.05, 3.63) is 94.8 Å². The number of urea groups is 1. The fourth-order valence-corrected chi connectivity index (χ4v) is 5.84. The molecule has 3 aromatic carbocycles. The maximum atomic E-state index is 14.5. The summed E-state index contributed by atoms with van der Waals surface area (Å²) in [5.74, 6) is -2.62. The summed E-state index contributed by atoms with van der Waals surface area (Å²) in [6.07, 6.45) is 1.46. The van der Waals surface area contributed by atoms with Gasteiger partial charge in [-0.2, -0.15) is 13.2 Å². The number of allylic oxidation sites excluding steroid dienone is 2. The van der Waals surface area contributed by atoms with Crippen LogP contribution in [-0.2, 0) is 17.5 Å². The van der Waals surface area contributed by atoms with Crippen LogP contribution in [-0.4, -0.2) is 34.5 Å². The number of aromatic nitrogens is 1. The first-order valence-corrected chi connectivity index (χ1v) is 14.9. The van der Waals surface area contributed by atoms with Gasteiger partial charge in [0.05, 0.1) is 23.2 Å². The van der Waals surface area contributed by atoms with Gasteiger partial charge < -0.3 is 10.4 Å². The Hall–Kier alpha value is -4.78. The van der Waals surface area contributed by atoms with Crippen LogP contribution in [0.25, 0.3) is 15.8 Å². The number of benzene rings is 3. The number of carbonyl (C=O) groups excluding carboxylic acids is 2. The summed E-state index contributed by atoms with van der Waals surface area (Å²) in [4.78, 5) is 42.1. The molecule has 1 heterocycles. The van der Waals surface area contributed by atoms with E-state index in [1.54, 1.807) is 36.4 Å². The summed E-state index contributed by atoms with van der Waals surface area (Å²) < 4.78 is 54.0. The Bertz CT molecular complexity index is 1750. The van der Waals surface area contributed by atoms with Crippen molar-refractivity contribution in [2.45, 2.75) is 44.8 Å². The third-order valence-electron chi connectivity index (χ3n) is 7.26. The molecular formula is C32H28F4N4O4S. The molecule has 45 heavy (non-hydrogen) atoms. The van der Waals surface area contributed by atoms with E-state index in [1.807, 2.05) is 12.1 Å². The number of rotatable bonds is 9. The highest BCUT2D eigenvalue weighted by atomic mass is 32.1. The molecule has 3 N–H and O–H groups in total. The minimum absolute atomic E-state index is 0.0239. The van der Waals surface area contributed by atoms with Crippen LogP contribution in [0.3, 0.4) is 0 Å². The van der Waals surface area contributed by atoms with E-state index < -0.39 is 35.5 Å². The molecule has 8 nitrogen and oxygen atoms in total. The van der Waals surface area contributed by atoms with Crippen molar-refractivity contribution in [3.8, 4) is 0 Å². The molecule has 3 amide bonds. The Labute approximate surface area is 259 Å². The number of carbonyl (C=O) groups is 3. The van der Waals surface area contributed by atoms with Crippen molar-refractivity contribution in [1.29, 1.82) is 0 Å². The fraction of sp³-hybridized carbons (Fsp3) is 0.250. The zero-order chi connectivity index (χ0) is 32.1. The lowest BCUT2D eigenvalue weighted by Crippen LogP contribution is -2.34. The lowest BCUT2D eigenvalue weighted by molar-refractivity contribution is -0.138. The van der Waals surface area contributed by atoms with Crippen LogP contribution < -0.4 is 15.5 Å². The van der Waals surface area contributed by atoms with Crippen LogP contribution in [0, 0.1) is 5.82 Å². The zero-order valence-corrected chi connectivity index (χ0v) is 24.6. The average molecular weight is 641 g/mol. The molecule has 1 aliphatic rings. The van der Waals surface area contributed by atoms with Gasteiger partial charge in [0.2, 0.25) is 0 Å². The monoisotopic (exact) mass is 640 g/mol. The van der Waals surface area contributed by atoms with Crippen molar-refractivity contribution >= 4 is 55.9 Å². The fourth-order valence-electron chi connectivity index (χ4n) is 4.93. The smallest absolute Gasteiger partial charge is 0.416 e. The predicted octanol–water partition coefficient (Wildman–Crippen LogP) is 7.85. The van der Waals surface area contributed by atoms with Gasteiger partial charge in [-0.3, -0.25) is 19.8 Å². The molecule has 4 aromatic rings. The number of halogens is 4. The van der Waals surface area contributed by atoms with Gasteiger partial charge in [0, 0.05) is 17.8 Å². The van der Waals surface area contributed by atoms with Gasteiger partial charge >= 0.3 is 18.2 Å². The van der Waals surface area contributed by atoms with Gasteiger partial charge in [-0.25, -0.2) is 14.2 Å². The largest absolute Gasteiger partial charge is 0.481 e. The van der Waals surface area contributed by atoms with E-state index >= 15 is 0 Å². The molecule has 0 aliphatic heterocycles. The number of carboxylic acid groups (broad SMARTS) is 1. The lowest BCUT2D eigenvalue weighted by Gasteiger charge is -2.23. The first-order chi connectivity index (χ1) is 21.5. The topological polar surface area (TPSA) is 112 Å². The average Bonchev–Trinajstić information content (AvgIpc) is 3.43. The number of aliphatic carboxylic acids is 1. The van der Waals surface area contributed by atoms with Gasteiger partial charge in [0.25, 0.3) is 5.91 Å². The molecule has 0 unspecified atom stereocenters. The third kappa shape index (κ3) is 7.85. The van der Waals surface area contributed by atoms with Gasteiger partial charge in [0.15, 0.2) is 10.9 Å². The number of hydrogen-bond donors (Lipinski definition) is 3. The molecule has 0 saturated carbocycles. The number of nitrogens with one attached hydrogen (secondary N) is 2. The Morgan fingerprint density at radius 2 is 1.73 bits per heavy atom. The summed E-state index contributed by atoms with van der Waals surface area (Å²) in [5, 5.41) is 13.8. The van der Waals surface area contributed by atoms with Crippen LogP contribution >= 0.6 is 11.3 Å². The van der Waals surface area contributed by atoms with Crippen LogP contribution in [0.1, 0.15) is 59.2 Å². The molecule has 5 rings (SSSR count). The molecule has 0 saturated heterocycles. The number of alkyl halides is 3. The lowest BCUT2D eigenvalue weighted by atomic mass is 9.93. The van der Waals surface area contributed by atoms with E-state index in [4.69, 9.17) is 5.11 Å². The van der Waals surface area contributed by atoms with E-state index in [-0.39, 0.29) is 34.9 Å². The van der Waals surface area contributed by atoms with E-state index in [1.165, 1.54) is 10.5 Å². The molecule has 0 bridgehead atoms. The number of hydrogen-bond acceptors (Lipinski definition) is 5. The zero-order valence-electron chi connectivity index (χ0n) is 23.8. The molecule has 0 atom stereocenters. The second-order valence-electron chi connectivity index (χ2n) is 10.5. The van der Waals surface area contributed by atoms with Crippen molar-refractivity contribution < 1.29 is 37.1 Å². The van der Waals surface area contributed by atoms with Crippen LogP contribution in [0.2, 0.25) is 0 Å². The predicted molar refractivity (Wildman–Crippen MR) is 164 cm³/mol. The Morgan fingerprint density at radius 3 is 2.38 bits per heavy atom. The van der Waals surface area contributed by atoms with E-state index in [2.05, 4.69) is 21.7 Å². The quantitative estimate of drug-likeness (QED) is 0.161. The number of anilines is 2. The maximum absolute atomic E-state index is 14.5. The van der Waals surface area contributed by atoms with Gasteiger partial charge in [-0.05, 0) is 78.8 Å². The summed E-state index contributed by atoms with van der Waals surface area (Å²) >= 11 is 0.725. The molecule has 234 valence electrons. The van der Waals surface area contributed by atoms with E-state index in [0.29, 0.717) is 22.9 Å². The molecule has 1 aliphatic carbocycles. The Balaban J connectivity index is 1.39. The maximum Gasteiger partial charge on any atom is 0.416 e. The minimum Gasteiger partial charge on any atom is -0.481 e. The molecule has 13 heteroatoms. The standard InChI is InChI=1S/C32H28F4N4O4S/c33-25-16-23(32(34,35)36)17-26-28(25)38-30(45-26)39-31(44)40(24-12-10-21(11-13-24)20-4-2-1-3-5-20)18-19-6-8-22(9-7-19)29(43)37-15-14-27(41)42/h4,6-13,16-17H,1-3,5,14-15,18H2,(H,37,43)(H,41,42)(H,38,39,44). The summed E-state index contributed by atoms with van der Waals surface area (Å²) in [6, 6.07) is 14.4. The second kappa shape index (κ2) is 13.5. The number of thiazole rings is 1. The van der Waals surface area contributed by atoms with Crippen molar-refractivity contribution in [1.82, 2.24) is 10.3 Å². The SMILES string of the molecule is O=C(O)CCNC(=O)c1ccc(CN(C(=O)Nc2nc3c(F)cc(C(F)(F)F)cc3s2)c2ccc(C3=CCCCC3)cc2)cc1. The Morgan fingerprint density at radius 1 is 1.00 bits per heavy atom. The number of carboxylic acids is 1. The molecule has 0 spiro atoms. The first-order valence-electron chi connectivity index (χ1n) is 14.1. The summed E-state index contributed by atoms with van der Waals surface area (Å²) in [7, 11) is 0. The highest BCUT2D eigenvalue weighted by Crippen LogP contribution is 2.36. The van der Waals surface area contributed by atoms with Crippen molar-refractivity contribution in [2.75, 3.05) is 16.8 Å². The highest BCUT2D eigenvalue weighted by molar-refractivity contribution is 7.22.